The Morgan fingerprint density at radius 2 is 2.06 bits per heavy atom. The van der Waals surface area contributed by atoms with E-state index in [-0.39, 0.29) is 11.5 Å². The largest absolute Gasteiger partial charge is 0.362 e. The van der Waals surface area contributed by atoms with Gasteiger partial charge in [-0.1, -0.05) is 6.42 Å². The number of rotatable bonds is 7. The first-order valence-electron chi connectivity index (χ1n) is 10.9. The molecule has 4 aromatic heterocycles. The van der Waals surface area contributed by atoms with Gasteiger partial charge in [0.05, 0.1) is 17.0 Å². The summed E-state index contributed by atoms with van der Waals surface area (Å²) in [6.45, 7) is 2.07. The maximum atomic E-state index is 12.5. The number of aryl methyl sites for hydroxylation is 1. The van der Waals surface area contributed by atoms with Crippen molar-refractivity contribution in [1.82, 2.24) is 34.7 Å². The first-order chi connectivity index (χ1) is 15.6. The predicted octanol–water partition coefficient (Wildman–Crippen LogP) is 3.12. The maximum Gasteiger partial charge on any atom is 0.273 e. The molecule has 0 spiro atoms. The molecule has 0 aromatic carbocycles. The third-order valence-corrected chi connectivity index (χ3v) is 6.36. The fourth-order valence-electron chi connectivity index (χ4n) is 4.54. The minimum absolute atomic E-state index is 0.0344. The van der Waals surface area contributed by atoms with E-state index in [0.717, 1.165) is 29.9 Å². The van der Waals surface area contributed by atoms with Gasteiger partial charge in [0, 0.05) is 55.2 Å². The van der Waals surface area contributed by atoms with Gasteiger partial charge in [-0.3, -0.25) is 29.2 Å². The number of carbonyl (C=O) groups is 1. The second-order valence-corrected chi connectivity index (χ2v) is 8.30. The molecule has 0 aliphatic heterocycles. The molecule has 164 valence electrons. The summed E-state index contributed by atoms with van der Waals surface area (Å²) in [5.41, 5.74) is 6.32. The third-order valence-electron chi connectivity index (χ3n) is 6.36. The number of H-pyrrole nitrogens is 3. The van der Waals surface area contributed by atoms with E-state index >= 15 is 0 Å². The molecule has 1 fully saturated rings. The second-order valence-electron chi connectivity index (χ2n) is 8.30. The van der Waals surface area contributed by atoms with Crippen LogP contribution in [-0.4, -0.2) is 40.6 Å². The average Bonchev–Trinajstić information content (AvgIpc) is 3.48. The number of carbonyl (C=O) groups excluding carboxylic acids is 1. The molecule has 0 unspecified atom stereocenters. The van der Waals surface area contributed by atoms with Gasteiger partial charge in [0.1, 0.15) is 6.33 Å². The van der Waals surface area contributed by atoms with Gasteiger partial charge in [-0.2, -0.15) is 0 Å². The summed E-state index contributed by atoms with van der Waals surface area (Å²) in [5.74, 6) is 0.524. The van der Waals surface area contributed by atoms with Crippen LogP contribution in [-0.2, 0) is 12.8 Å². The van der Waals surface area contributed by atoms with E-state index in [9.17, 15) is 9.59 Å². The third kappa shape index (κ3) is 3.70. The Balaban J connectivity index is 1.47. The number of imidazole rings is 1. The lowest BCUT2D eigenvalue weighted by Crippen LogP contribution is -2.15. The molecule has 0 atom stereocenters. The van der Waals surface area contributed by atoms with Gasteiger partial charge in [0.25, 0.3) is 5.56 Å². The molecule has 1 aliphatic rings. The molecule has 0 amide bonds. The minimum Gasteiger partial charge on any atom is -0.362 e. The molecule has 4 aromatic rings. The van der Waals surface area contributed by atoms with Crippen LogP contribution < -0.4 is 5.56 Å². The van der Waals surface area contributed by atoms with Crippen LogP contribution in [0, 0.1) is 6.92 Å². The highest BCUT2D eigenvalue weighted by atomic mass is 16.2. The Kier molecular flexibility index (Phi) is 5.30. The lowest BCUT2D eigenvalue weighted by Gasteiger charge is -2.28. The van der Waals surface area contributed by atoms with Crippen LogP contribution in [0.2, 0.25) is 0 Å². The van der Waals surface area contributed by atoms with Crippen molar-refractivity contribution < 1.29 is 4.79 Å². The number of aromatic nitrogens is 7. The normalized spacial score (nSPS) is 13.9. The highest BCUT2D eigenvalue weighted by Crippen LogP contribution is 2.42. The van der Waals surface area contributed by atoms with E-state index in [1.807, 2.05) is 0 Å². The van der Waals surface area contributed by atoms with E-state index in [4.69, 9.17) is 0 Å². The summed E-state index contributed by atoms with van der Waals surface area (Å²) >= 11 is 0. The molecule has 32 heavy (non-hydrogen) atoms. The fourth-order valence-corrected chi connectivity index (χ4v) is 4.54. The van der Waals surface area contributed by atoms with Gasteiger partial charge in [-0.05, 0) is 43.2 Å². The Hall–Kier alpha value is -3.75. The topological polar surface area (TPSA) is 125 Å². The van der Waals surface area contributed by atoms with Crippen LogP contribution in [0.5, 0.6) is 0 Å². The average molecular weight is 432 g/mol. The van der Waals surface area contributed by atoms with E-state index in [0.29, 0.717) is 36.4 Å². The van der Waals surface area contributed by atoms with Crippen molar-refractivity contribution in [1.29, 1.82) is 0 Å². The molecule has 9 nitrogen and oxygen atoms in total. The van der Waals surface area contributed by atoms with Crippen LogP contribution in [0.25, 0.3) is 11.3 Å². The van der Waals surface area contributed by atoms with Crippen molar-refractivity contribution >= 4 is 5.91 Å². The zero-order chi connectivity index (χ0) is 22.1. The number of hydrogen-bond acceptors (Lipinski definition) is 5. The molecule has 0 bridgehead atoms. The first-order valence-corrected chi connectivity index (χ1v) is 10.9. The smallest absolute Gasteiger partial charge is 0.273 e. The van der Waals surface area contributed by atoms with Crippen molar-refractivity contribution in [2.45, 2.75) is 51.4 Å². The van der Waals surface area contributed by atoms with Crippen molar-refractivity contribution in [2.24, 2.45) is 0 Å². The molecule has 9 heteroatoms. The summed E-state index contributed by atoms with van der Waals surface area (Å²) in [5, 5.41) is 5.30. The summed E-state index contributed by atoms with van der Waals surface area (Å²) in [6, 6.07) is 0. The standard InChI is InChI=1S/C23H25N7O2/c1-14-16(5-6-20(31)30-10-9-24-13-30)21(15-3-2-4-15)18(28-14)11-19-22(26-8-7-25-19)17-12-27-29-23(17)32/h7-10,12-13,15,28H,2-6,11H2,1H3,(H2,27,29,32). The molecule has 1 aliphatic carbocycles. The zero-order valence-corrected chi connectivity index (χ0v) is 17.9. The molecular formula is C23H25N7O2. The summed E-state index contributed by atoms with van der Waals surface area (Å²) in [4.78, 5) is 41.2. The van der Waals surface area contributed by atoms with Crippen LogP contribution in [0.1, 0.15) is 64.6 Å². The highest BCUT2D eigenvalue weighted by molar-refractivity contribution is 5.79. The molecule has 4 heterocycles. The Labute approximate surface area is 184 Å². The number of nitrogens with one attached hydrogen (secondary N) is 3. The number of hydrogen-bond donors (Lipinski definition) is 3. The van der Waals surface area contributed by atoms with Gasteiger partial charge < -0.3 is 10.1 Å². The van der Waals surface area contributed by atoms with E-state index in [1.165, 1.54) is 22.1 Å². The maximum absolute atomic E-state index is 12.5. The molecule has 1 saturated carbocycles. The van der Waals surface area contributed by atoms with E-state index in [1.54, 1.807) is 37.3 Å². The fraction of sp³-hybridized carbons (Fsp3) is 0.348. The Morgan fingerprint density at radius 3 is 2.75 bits per heavy atom. The van der Waals surface area contributed by atoms with Crippen molar-refractivity contribution in [3.05, 3.63) is 75.9 Å². The van der Waals surface area contributed by atoms with Crippen LogP contribution in [0.4, 0.5) is 0 Å². The monoisotopic (exact) mass is 431 g/mol. The number of nitrogens with zero attached hydrogens (tertiary/aromatic N) is 4. The molecule has 5 rings (SSSR count). The van der Waals surface area contributed by atoms with Crippen molar-refractivity contribution in [3.8, 4) is 11.3 Å². The molecular weight excluding hydrogens is 406 g/mol. The summed E-state index contributed by atoms with van der Waals surface area (Å²) in [7, 11) is 0. The van der Waals surface area contributed by atoms with Gasteiger partial charge in [-0.15, -0.1) is 0 Å². The predicted molar refractivity (Wildman–Crippen MR) is 119 cm³/mol. The van der Waals surface area contributed by atoms with Crippen molar-refractivity contribution in [3.63, 3.8) is 0 Å². The number of aromatic amines is 3. The highest BCUT2D eigenvalue weighted by Gasteiger charge is 2.28. The summed E-state index contributed by atoms with van der Waals surface area (Å²) < 4.78 is 1.53. The van der Waals surface area contributed by atoms with Gasteiger partial charge in [-0.25, -0.2) is 4.98 Å². The molecule has 0 radical (unpaired) electrons. The van der Waals surface area contributed by atoms with Crippen molar-refractivity contribution in [2.75, 3.05) is 0 Å². The second kappa shape index (κ2) is 8.41. The zero-order valence-electron chi connectivity index (χ0n) is 17.9. The minimum atomic E-state index is -0.215. The van der Waals surface area contributed by atoms with Gasteiger partial charge in [0.2, 0.25) is 5.91 Å². The van der Waals surface area contributed by atoms with Gasteiger partial charge >= 0.3 is 0 Å². The quantitative estimate of drug-likeness (QED) is 0.415. The van der Waals surface area contributed by atoms with E-state index in [2.05, 4.69) is 37.1 Å². The molecule has 0 saturated heterocycles. The SMILES string of the molecule is Cc1[nH]c(Cc2nccnc2-c2c[nH][nH]c2=O)c(C2CCC2)c1CCC(=O)n1ccnc1. The molecule has 3 N–H and O–H groups in total. The van der Waals surface area contributed by atoms with Crippen LogP contribution >= 0.6 is 0 Å². The van der Waals surface area contributed by atoms with Crippen LogP contribution in [0.3, 0.4) is 0 Å². The van der Waals surface area contributed by atoms with Gasteiger partial charge in [0.15, 0.2) is 0 Å². The Bertz CT molecular complexity index is 1290. The van der Waals surface area contributed by atoms with E-state index < -0.39 is 0 Å². The summed E-state index contributed by atoms with van der Waals surface area (Å²) in [6.07, 6.45) is 14.9. The first kappa shape index (κ1) is 20.2. The lowest BCUT2D eigenvalue weighted by atomic mass is 9.77. The Morgan fingerprint density at radius 1 is 1.22 bits per heavy atom. The van der Waals surface area contributed by atoms with Crippen LogP contribution in [0.15, 0.2) is 42.1 Å². The lowest BCUT2D eigenvalue weighted by molar-refractivity contribution is 0.0902.